The average molecular weight is 399 g/mol. The van der Waals surface area contributed by atoms with Gasteiger partial charge < -0.3 is 5.11 Å². The largest absolute Gasteiger partial charge is 0.386 e. The van der Waals surface area contributed by atoms with Gasteiger partial charge in [-0.1, -0.05) is 76.7 Å². The zero-order chi connectivity index (χ0) is 21.0. The summed E-state index contributed by atoms with van der Waals surface area (Å²) in [6, 6.07) is 0. The normalized spacial score (nSPS) is 43.0. The molecular weight excluding hydrogens is 352 g/mol. The summed E-state index contributed by atoms with van der Waals surface area (Å²) in [6.07, 6.45) is 16.6. The van der Waals surface area contributed by atoms with Crippen molar-refractivity contribution in [3.63, 3.8) is 0 Å². The first-order chi connectivity index (χ1) is 13.6. The topological polar surface area (TPSA) is 20.2 Å². The first-order valence-electron chi connectivity index (χ1n) is 12.7. The zero-order valence-corrected chi connectivity index (χ0v) is 20.1. The van der Waals surface area contributed by atoms with Gasteiger partial charge in [0.15, 0.2) is 0 Å². The second kappa shape index (κ2) is 7.54. The van der Waals surface area contributed by atoms with Gasteiger partial charge in [0.2, 0.25) is 0 Å². The number of fused-ring (bicyclic) bond motifs is 4. The maximum absolute atomic E-state index is 10.6. The van der Waals surface area contributed by atoms with Crippen molar-refractivity contribution in [2.45, 2.75) is 118 Å². The number of hydrogen-bond donors (Lipinski definition) is 1. The molecule has 0 amide bonds. The summed E-state index contributed by atoms with van der Waals surface area (Å²) >= 11 is 0. The van der Waals surface area contributed by atoms with E-state index in [0.717, 1.165) is 36.5 Å². The molecule has 1 unspecified atom stereocenters. The third-order valence-corrected chi connectivity index (χ3v) is 9.91. The van der Waals surface area contributed by atoms with Crippen LogP contribution in [-0.2, 0) is 0 Å². The molecule has 1 heteroatoms. The van der Waals surface area contributed by atoms with Gasteiger partial charge in [0.25, 0.3) is 0 Å². The Kier molecular flexibility index (Phi) is 5.63. The Morgan fingerprint density at radius 1 is 0.966 bits per heavy atom. The van der Waals surface area contributed by atoms with E-state index in [9.17, 15) is 5.11 Å². The van der Waals surface area contributed by atoms with Crippen LogP contribution in [0.1, 0.15) is 112 Å². The van der Waals surface area contributed by atoms with Crippen molar-refractivity contribution in [2.75, 3.05) is 0 Å². The highest BCUT2D eigenvalue weighted by molar-refractivity contribution is 5.43. The van der Waals surface area contributed by atoms with Crippen LogP contribution in [-0.4, -0.2) is 10.7 Å². The molecule has 29 heavy (non-hydrogen) atoms. The third-order valence-electron chi connectivity index (χ3n) is 9.91. The van der Waals surface area contributed by atoms with Crippen LogP contribution >= 0.6 is 0 Å². The van der Waals surface area contributed by atoms with Gasteiger partial charge in [-0.2, -0.15) is 0 Å². The van der Waals surface area contributed by atoms with E-state index >= 15 is 0 Å². The van der Waals surface area contributed by atoms with Crippen LogP contribution in [0, 0.1) is 34.5 Å². The van der Waals surface area contributed by atoms with Crippen molar-refractivity contribution in [3.8, 4) is 0 Å². The first kappa shape index (κ1) is 21.7. The molecule has 4 rings (SSSR count). The summed E-state index contributed by atoms with van der Waals surface area (Å²) in [5, 5.41) is 10.6. The molecule has 1 fully saturated rings. The predicted molar refractivity (Wildman–Crippen MR) is 124 cm³/mol. The number of allylic oxidation sites excluding steroid dienone is 3. The van der Waals surface area contributed by atoms with E-state index < -0.39 is 5.60 Å². The molecule has 0 aromatic rings. The molecule has 0 heterocycles. The van der Waals surface area contributed by atoms with E-state index in [2.05, 4.69) is 40.7 Å². The molecule has 4 aliphatic rings. The lowest BCUT2D eigenvalue weighted by Crippen LogP contribution is -2.43. The maximum Gasteiger partial charge on any atom is 0.0803 e. The van der Waals surface area contributed by atoms with Gasteiger partial charge in [0.05, 0.1) is 5.60 Å². The Balaban J connectivity index is 1.56. The molecule has 0 saturated heterocycles. The summed E-state index contributed by atoms with van der Waals surface area (Å²) in [4.78, 5) is 0. The highest BCUT2D eigenvalue weighted by Crippen LogP contribution is 2.65. The molecule has 164 valence electrons. The van der Waals surface area contributed by atoms with Crippen LogP contribution in [0.15, 0.2) is 22.8 Å². The average Bonchev–Trinajstić information content (AvgIpc) is 2.99. The van der Waals surface area contributed by atoms with Gasteiger partial charge in [-0.05, 0) is 87.4 Å². The van der Waals surface area contributed by atoms with E-state index in [4.69, 9.17) is 0 Å². The van der Waals surface area contributed by atoms with Crippen molar-refractivity contribution in [3.05, 3.63) is 22.8 Å². The monoisotopic (exact) mass is 398 g/mol. The molecule has 0 aromatic heterocycles. The van der Waals surface area contributed by atoms with Crippen molar-refractivity contribution < 1.29 is 5.11 Å². The number of rotatable bonds is 5. The van der Waals surface area contributed by atoms with Crippen molar-refractivity contribution in [1.29, 1.82) is 0 Å². The molecule has 4 aliphatic carbocycles. The Morgan fingerprint density at radius 3 is 2.45 bits per heavy atom. The van der Waals surface area contributed by atoms with E-state index in [1.54, 1.807) is 11.1 Å². The Morgan fingerprint density at radius 2 is 1.72 bits per heavy atom. The van der Waals surface area contributed by atoms with Crippen molar-refractivity contribution in [1.82, 2.24) is 0 Å². The number of aliphatic hydroxyl groups is 1. The molecule has 0 radical (unpaired) electrons. The minimum Gasteiger partial charge on any atom is -0.386 e. The highest BCUT2D eigenvalue weighted by Gasteiger charge is 2.55. The van der Waals surface area contributed by atoms with E-state index in [0.29, 0.717) is 5.41 Å². The summed E-state index contributed by atoms with van der Waals surface area (Å²) in [7, 11) is 0. The molecule has 1 saturated carbocycles. The van der Waals surface area contributed by atoms with Gasteiger partial charge in [-0.15, -0.1) is 0 Å². The molecule has 0 aliphatic heterocycles. The van der Waals surface area contributed by atoms with E-state index in [1.165, 1.54) is 57.8 Å². The van der Waals surface area contributed by atoms with Crippen LogP contribution in [0.3, 0.4) is 0 Å². The fraction of sp³-hybridized carbons (Fsp3) is 0.857. The Hall–Kier alpha value is -0.560. The smallest absolute Gasteiger partial charge is 0.0803 e. The van der Waals surface area contributed by atoms with Gasteiger partial charge in [-0.25, -0.2) is 0 Å². The number of hydrogen-bond acceptors (Lipinski definition) is 1. The van der Waals surface area contributed by atoms with Crippen LogP contribution in [0.4, 0.5) is 0 Å². The standard InChI is InChI=1S/C28H46O/c1-19(2)8-7-9-20(3)23-12-13-24-22-11-10-21-18-26(4,29)16-17-27(21,5)25(22)14-15-28(23,24)6/h18-20,23-24,29H,7-17H2,1-6H3/t20-,23-,24?,26+,27+,28-/m1/s1. The molecule has 1 nitrogen and oxygen atoms in total. The summed E-state index contributed by atoms with van der Waals surface area (Å²) in [5.41, 5.74) is 5.43. The molecule has 0 spiro atoms. The van der Waals surface area contributed by atoms with Gasteiger partial charge in [0.1, 0.15) is 0 Å². The molecule has 1 N–H and O–H groups in total. The van der Waals surface area contributed by atoms with Crippen molar-refractivity contribution in [2.24, 2.45) is 34.5 Å². The van der Waals surface area contributed by atoms with E-state index in [-0.39, 0.29) is 5.41 Å². The predicted octanol–water partition coefficient (Wildman–Crippen LogP) is 7.84. The minimum absolute atomic E-state index is 0.248. The first-order valence-corrected chi connectivity index (χ1v) is 12.7. The summed E-state index contributed by atoms with van der Waals surface area (Å²) < 4.78 is 0. The summed E-state index contributed by atoms with van der Waals surface area (Å²) in [6.45, 7) is 14.5. The quantitative estimate of drug-likeness (QED) is 0.468. The van der Waals surface area contributed by atoms with Crippen molar-refractivity contribution >= 4 is 0 Å². The van der Waals surface area contributed by atoms with Gasteiger partial charge in [0, 0.05) is 5.41 Å². The van der Waals surface area contributed by atoms with Crippen LogP contribution in [0.5, 0.6) is 0 Å². The Labute approximate surface area is 180 Å². The van der Waals surface area contributed by atoms with E-state index in [1.807, 2.05) is 12.5 Å². The third kappa shape index (κ3) is 3.68. The molecule has 0 bridgehead atoms. The van der Waals surface area contributed by atoms with Crippen LogP contribution in [0.25, 0.3) is 0 Å². The lowest BCUT2D eigenvalue weighted by Gasteiger charge is -2.53. The minimum atomic E-state index is -0.583. The fourth-order valence-corrected chi connectivity index (χ4v) is 8.13. The fourth-order valence-electron chi connectivity index (χ4n) is 8.13. The van der Waals surface area contributed by atoms with Crippen LogP contribution in [0.2, 0.25) is 0 Å². The second-order valence-corrected chi connectivity index (χ2v) is 12.4. The lowest BCUT2D eigenvalue weighted by atomic mass is 9.52. The van der Waals surface area contributed by atoms with Gasteiger partial charge >= 0.3 is 0 Å². The molecular formula is C28H46O. The SMILES string of the molecule is CC(C)CCC[C@@H](C)[C@H]1CCC2C3=C(CC[C@@]21C)[C@@]1(C)CC[C@](C)(O)C=C1CC3. The molecule has 6 atom stereocenters. The summed E-state index contributed by atoms with van der Waals surface area (Å²) in [5.74, 6) is 3.48. The molecule has 0 aromatic carbocycles. The van der Waals surface area contributed by atoms with Gasteiger partial charge in [-0.3, -0.25) is 0 Å². The Bertz CT molecular complexity index is 695. The second-order valence-electron chi connectivity index (χ2n) is 12.4. The lowest BCUT2D eigenvalue weighted by molar-refractivity contribution is 0.0660. The zero-order valence-electron chi connectivity index (χ0n) is 20.1. The highest BCUT2D eigenvalue weighted by atomic mass is 16.3. The van der Waals surface area contributed by atoms with Crippen LogP contribution < -0.4 is 0 Å². The maximum atomic E-state index is 10.6.